The van der Waals surface area contributed by atoms with E-state index in [2.05, 4.69) is 0 Å². The molecule has 0 aromatic heterocycles. The molecule has 0 atom stereocenters. The second kappa shape index (κ2) is 6.96. The zero-order valence-electron chi connectivity index (χ0n) is 12.4. The zero-order valence-corrected chi connectivity index (χ0v) is 14.0. The lowest BCUT2D eigenvalue weighted by molar-refractivity contribution is -0.388. The van der Waals surface area contributed by atoms with Crippen LogP contribution in [-0.2, 0) is 9.84 Å². The normalized spacial score (nSPS) is 12.0. The molecular weight excluding hydrogens is 399 g/mol. The first-order valence-electron chi connectivity index (χ1n) is 6.53. The fourth-order valence-electron chi connectivity index (χ4n) is 1.87. The highest BCUT2D eigenvalue weighted by atomic mass is 32.2. The largest absolute Gasteiger partial charge is 0.545 e. The van der Waals surface area contributed by atoms with Crippen molar-refractivity contribution in [2.45, 2.75) is 20.2 Å². The summed E-state index contributed by atoms with van der Waals surface area (Å²) in [5.41, 5.74) is -6.80. The highest BCUT2D eigenvalue weighted by molar-refractivity contribution is 7.99. The molecule has 138 valence electrons. The molecule has 0 radical (unpaired) electrons. The topological polar surface area (TPSA) is 117 Å². The van der Waals surface area contributed by atoms with Crippen LogP contribution in [0.15, 0.2) is 57.2 Å². The first kappa shape index (κ1) is 19.7. The summed E-state index contributed by atoms with van der Waals surface area (Å²) in [6, 6.07) is 7.01. The van der Waals surface area contributed by atoms with Crippen molar-refractivity contribution in [3.05, 3.63) is 58.1 Å². The van der Waals surface area contributed by atoms with Gasteiger partial charge in [-0.25, -0.2) is 8.42 Å². The third kappa shape index (κ3) is 3.80. The van der Waals surface area contributed by atoms with E-state index in [4.69, 9.17) is 0 Å². The van der Waals surface area contributed by atoms with Gasteiger partial charge in [0.1, 0.15) is 0 Å². The minimum Gasteiger partial charge on any atom is -0.545 e. The van der Waals surface area contributed by atoms with Gasteiger partial charge in [-0.3, -0.25) is 10.1 Å². The number of alkyl halides is 3. The lowest BCUT2D eigenvalue weighted by Crippen LogP contribution is -2.23. The molecule has 0 amide bonds. The van der Waals surface area contributed by atoms with Crippen LogP contribution in [0.2, 0.25) is 0 Å². The molecule has 2 aromatic rings. The molecule has 0 spiro atoms. The average Bonchev–Trinajstić information content (AvgIpc) is 2.54. The van der Waals surface area contributed by atoms with Crippen LogP contribution in [0.25, 0.3) is 0 Å². The van der Waals surface area contributed by atoms with Gasteiger partial charge in [0.05, 0.1) is 20.7 Å². The Bertz CT molecular complexity index is 988. The van der Waals surface area contributed by atoms with E-state index in [1.54, 1.807) is 0 Å². The van der Waals surface area contributed by atoms with Crippen LogP contribution >= 0.6 is 11.8 Å². The van der Waals surface area contributed by atoms with Crippen LogP contribution in [0.5, 0.6) is 0 Å². The Kier molecular flexibility index (Phi) is 5.28. The van der Waals surface area contributed by atoms with Crippen molar-refractivity contribution in [1.29, 1.82) is 0 Å². The molecule has 2 rings (SSSR count). The summed E-state index contributed by atoms with van der Waals surface area (Å²) < 4.78 is 60.6. The van der Waals surface area contributed by atoms with E-state index >= 15 is 0 Å². The van der Waals surface area contributed by atoms with Crippen molar-refractivity contribution in [2.24, 2.45) is 0 Å². The predicted octanol–water partition coefficient (Wildman–Crippen LogP) is 2.40. The third-order valence-corrected chi connectivity index (χ3v) is 5.69. The lowest BCUT2D eigenvalue weighted by atomic mass is 10.2. The van der Waals surface area contributed by atoms with E-state index in [0.29, 0.717) is 17.8 Å². The summed E-state index contributed by atoms with van der Waals surface area (Å²) in [4.78, 5) is 19.7. The molecule has 0 aliphatic carbocycles. The van der Waals surface area contributed by atoms with Crippen LogP contribution in [0, 0.1) is 10.1 Å². The number of aromatic carboxylic acids is 1. The SMILES string of the molecule is O=C([O-])c1ccccc1Sc1ccc(S(=O)(=O)C(F)(F)F)cc1[N+](=O)[O-]. The van der Waals surface area contributed by atoms with E-state index in [1.165, 1.54) is 24.3 Å². The van der Waals surface area contributed by atoms with Crippen LogP contribution < -0.4 is 5.11 Å². The molecule has 0 saturated heterocycles. The van der Waals surface area contributed by atoms with Crippen LogP contribution in [-0.4, -0.2) is 24.8 Å². The number of nitrogens with zero attached hydrogens (tertiary/aromatic N) is 1. The van der Waals surface area contributed by atoms with E-state index in [-0.39, 0.29) is 21.4 Å². The molecule has 0 aliphatic rings. The van der Waals surface area contributed by atoms with Gasteiger partial charge in [-0.1, -0.05) is 30.0 Å². The van der Waals surface area contributed by atoms with Crippen molar-refractivity contribution < 1.29 is 36.4 Å². The Hall–Kier alpha value is -2.60. The fraction of sp³-hybridized carbons (Fsp3) is 0.0714. The van der Waals surface area contributed by atoms with Crippen LogP contribution in [0.3, 0.4) is 0 Å². The minimum atomic E-state index is -5.76. The summed E-state index contributed by atoms with van der Waals surface area (Å²) in [5, 5.41) is 22.2. The lowest BCUT2D eigenvalue weighted by Gasteiger charge is -2.11. The summed E-state index contributed by atoms with van der Waals surface area (Å²) >= 11 is 0.586. The Balaban J connectivity index is 2.56. The van der Waals surface area contributed by atoms with Gasteiger partial charge < -0.3 is 9.90 Å². The number of carboxylic acids is 1. The number of halogens is 3. The zero-order chi connectivity index (χ0) is 19.7. The quantitative estimate of drug-likeness (QED) is 0.553. The van der Waals surface area contributed by atoms with Gasteiger partial charge in [0.15, 0.2) is 0 Å². The van der Waals surface area contributed by atoms with Crippen LogP contribution in [0.4, 0.5) is 18.9 Å². The average molecular weight is 406 g/mol. The van der Waals surface area contributed by atoms with Crippen molar-refractivity contribution >= 4 is 33.3 Å². The van der Waals surface area contributed by atoms with Gasteiger partial charge in [-0.2, -0.15) is 13.2 Å². The maximum atomic E-state index is 12.6. The van der Waals surface area contributed by atoms with Crippen LogP contribution in [0.1, 0.15) is 10.4 Å². The van der Waals surface area contributed by atoms with Crippen molar-refractivity contribution in [2.75, 3.05) is 0 Å². The number of rotatable bonds is 5. The standard InChI is InChI=1S/C14H8F3NO6S2/c15-14(16,17)26(23,24)8-5-6-12(10(7-8)18(21)22)25-11-4-2-1-3-9(11)13(19)20/h1-7H,(H,19,20)/p-1. The first-order chi connectivity index (χ1) is 11.9. The van der Waals surface area contributed by atoms with E-state index in [0.717, 1.165) is 6.07 Å². The molecule has 12 heteroatoms. The van der Waals surface area contributed by atoms with Gasteiger partial charge >= 0.3 is 5.51 Å². The van der Waals surface area contributed by atoms with Crippen molar-refractivity contribution in [3.63, 3.8) is 0 Å². The number of carbonyl (C=O) groups is 1. The number of benzene rings is 2. The second-order valence-electron chi connectivity index (χ2n) is 4.72. The summed E-state index contributed by atoms with van der Waals surface area (Å²) in [7, 11) is -5.76. The van der Waals surface area contributed by atoms with Gasteiger partial charge in [-0.05, 0) is 18.2 Å². The molecule has 0 aliphatic heterocycles. The van der Waals surface area contributed by atoms with Crippen molar-refractivity contribution in [3.8, 4) is 0 Å². The number of carboxylic acid groups (broad SMARTS) is 1. The Labute approximate surface area is 148 Å². The number of nitro benzene ring substituents is 1. The molecule has 0 heterocycles. The molecule has 26 heavy (non-hydrogen) atoms. The summed E-state index contributed by atoms with van der Waals surface area (Å²) in [6.07, 6.45) is 0. The Morgan fingerprint density at radius 3 is 2.23 bits per heavy atom. The highest BCUT2D eigenvalue weighted by Gasteiger charge is 2.47. The Morgan fingerprint density at radius 1 is 1.08 bits per heavy atom. The van der Waals surface area contributed by atoms with Gasteiger partial charge in [0.2, 0.25) is 0 Å². The number of sulfone groups is 1. The minimum absolute atomic E-state index is 0.0435. The van der Waals surface area contributed by atoms with Crippen molar-refractivity contribution in [1.82, 2.24) is 0 Å². The monoisotopic (exact) mass is 406 g/mol. The molecule has 2 aromatic carbocycles. The second-order valence-corrected chi connectivity index (χ2v) is 7.75. The number of nitro groups is 1. The fourth-order valence-corrected chi connectivity index (χ4v) is 3.67. The van der Waals surface area contributed by atoms with E-state index in [1.807, 2.05) is 0 Å². The third-order valence-electron chi connectivity index (χ3n) is 3.07. The smallest absolute Gasteiger partial charge is 0.501 e. The van der Waals surface area contributed by atoms with E-state index < -0.39 is 36.8 Å². The first-order valence-corrected chi connectivity index (χ1v) is 8.83. The van der Waals surface area contributed by atoms with Gasteiger partial charge in [0.25, 0.3) is 15.5 Å². The van der Waals surface area contributed by atoms with Gasteiger partial charge in [0, 0.05) is 16.5 Å². The molecule has 0 N–H and O–H groups in total. The Morgan fingerprint density at radius 2 is 1.69 bits per heavy atom. The molecule has 0 bridgehead atoms. The highest BCUT2D eigenvalue weighted by Crippen LogP contribution is 2.39. The molecule has 0 fully saturated rings. The maximum Gasteiger partial charge on any atom is 0.501 e. The van der Waals surface area contributed by atoms with E-state index in [9.17, 15) is 41.6 Å². The predicted molar refractivity (Wildman–Crippen MR) is 81.2 cm³/mol. The summed E-state index contributed by atoms with van der Waals surface area (Å²) in [6.45, 7) is 0. The molecular formula is C14H7F3NO6S2-. The molecule has 0 saturated carbocycles. The number of carbonyl (C=O) groups excluding carboxylic acids is 1. The molecule has 7 nitrogen and oxygen atoms in total. The van der Waals surface area contributed by atoms with Gasteiger partial charge in [-0.15, -0.1) is 0 Å². The molecule has 0 unspecified atom stereocenters. The number of hydrogen-bond acceptors (Lipinski definition) is 7. The summed E-state index contributed by atoms with van der Waals surface area (Å²) in [5.74, 6) is -1.55. The maximum absolute atomic E-state index is 12.6. The number of hydrogen-bond donors (Lipinski definition) is 0.